The highest BCUT2D eigenvalue weighted by Crippen LogP contribution is 2.69. The first-order valence-electron chi connectivity index (χ1n) is 12.1. The van der Waals surface area contributed by atoms with Crippen LogP contribution in [0.15, 0.2) is 77.3 Å². The highest BCUT2D eigenvalue weighted by Gasteiger charge is 2.72. The van der Waals surface area contributed by atoms with E-state index in [1.54, 1.807) is 24.3 Å². The Hall–Kier alpha value is -3.00. The van der Waals surface area contributed by atoms with Crippen LogP contribution in [0.1, 0.15) is 39.0 Å². The number of carbonyl (C=O) groups is 4. The highest BCUT2D eigenvalue weighted by molar-refractivity contribution is 9.10. The van der Waals surface area contributed by atoms with Crippen LogP contribution in [0.2, 0.25) is 0 Å². The number of benzene rings is 3. The van der Waals surface area contributed by atoms with Gasteiger partial charge in [-0.1, -0.05) is 76.6 Å². The van der Waals surface area contributed by atoms with Crippen molar-refractivity contribution in [2.24, 2.45) is 11.8 Å². The van der Waals surface area contributed by atoms with Crippen molar-refractivity contribution in [3.8, 4) is 0 Å². The monoisotopic (exact) mass is 611 g/mol. The smallest absolute Gasteiger partial charge is 0.308 e. The summed E-state index contributed by atoms with van der Waals surface area (Å²) in [4.78, 5) is 50.8. The standard InChI is InChI=1S/C29H20BrCl2NO5/c30-17-11-9-16(10-12-17)22(34)15-38-23(35)13-14-33-26(36)24-25(27(33)37)29(32)19-6-2-1-5-18(19)28(24,31)20-7-3-4-8-21(20)29/h1-12,24-25H,13-15H2/t24-,25-,28?,29?/m1/s1. The second-order valence-electron chi connectivity index (χ2n) is 9.64. The number of hydrogen-bond donors (Lipinski definition) is 0. The molecule has 0 aromatic heterocycles. The molecule has 7 rings (SSSR count). The summed E-state index contributed by atoms with van der Waals surface area (Å²) >= 11 is 18.0. The number of nitrogens with zero attached hydrogens (tertiary/aromatic N) is 1. The summed E-state index contributed by atoms with van der Waals surface area (Å²) in [5.74, 6) is -3.83. The number of amides is 2. The van der Waals surface area contributed by atoms with Crippen LogP contribution in [0.4, 0.5) is 0 Å². The van der Waals surface area contributed by atoms with Crippen molar-refractivity contribution in [1.82, 2.24) is 4.90 Å². The summed E-state index contributed by atoms with van der Waals surface area (Å²) < 4.78 is 5.95. The number of ether oxygens (including phenoxy) is 1. The molecule has 0 spiro atoms. The van der Waals surface area contributed by atoms with Crippen LogP contribution in [0.5, 0.6) is 0 Å². The molecular formula is C29H20BrCl2NO5. The summed E-state index contributed by atoms with van der Waals surface area (Å²) in [5.41, 5.74) is 3.26. The Morgan fingerprint density at radius 1 is 0.789 bits per heavy atom. The lowest BCUT2D eigenvalue weighted by Gasteiger charge is -2.54. The SMILES string of the molecule is O=C(CCN1C(=O)[C@H]2[C@H](C1=O)C1(Cl)c3ccccc3C2(Cl)c2ccccc21)OCC(=O)c1ccc(Br)cc1. The molecule has 1 fully saturated rings. The van der Waals surface area contributed by atoms with Gasteiger partial charge in [-0.15, -0.1) is 23.2 Å². The first-order valence-corrected chi connectivity index (χ1v) is 13.6. The van der Waals surface area contributed by atoms with Gasteiger partial charge in [-0.05, 0) is 34.4 Å². The van der Waals surface area contributed by atoms with Crippen molar-refractivity contribution in [3.63, 3.8) is 0 Å². The number of halogens is 3. The van der Waals surface area contributed by atoms with E-state index in [0.29, 0.717) is 27.8 Å². The highest BCUT2D eigenvalue weighted by atomic mass is 79.9. The Morgan fingerprint density at radius 3 is 1.68 bits per heavy atom. The molecule has 6 nitrogen and oxygen atoms in total. The number of hydrogen-bond acceptors (Lipinski definition) is 5. The predicted molar refractivity (Wildman–Crippen MR) is 144 cm³/mol. The first-order chi connectivity index (χ1) is 18.2. The molecule has 3 aromatic carbocycles. The van der Waals surface area contributed by atoms with Crippen LogP contribution < -0.4 is 0 Å². The van der Waals surface area contributed by atoms with Gasteiger partial charge in [0.15, 0.2) is 12.4 Å². The maximum absolute atomic E-state index is 13.8. The van der Waals surface area contributed by atoms with E-state index in [4.69, 9.17) is 27.9 Å². The van der Waals surface area contributed by atoms with E-state index in [1.165, 1.54) is 0 Å². The van der Waals surface area contributed by atoms with E-state index >= 15 is 0 Å². The van der Waals surface area contributed by atoms with Crippen LogP contribution >= 0.6 is 39.1 Å². The van der Waals surface area contributed by atoms with Crippen LogP contribution in [0.25, 0.3) is 0 Å². The molecule has 4 aliphatic rings. The molecule has 9 heteroatoms. The minimum atomic E-state index is -1.27. The van der Waals surface area contributed by atoms with Gasteiger partial charge in [0.05, 0.1) is 18.3 Å². The van der Waals surface area contributed by atoms with E-state index in [2.05, 4.69) is 15.9 Å². The molecule has 3 aromatic rings. The molecule has 0 unspecified atom stereocenters. The van der Waals surface area contributed by atoms with E-state index in [1.807, 2.05) is 48.5 Å². The van der Waals surface area contributed by atoms with Crippen molar-refractivity contribution in [3.05, 3.63) is 105 Å². The Balaban J connectivity index is 1.23. The predicted octanol–water partition coefficient (Wildman–Crippen LogP) is 5.16. The van der Waals surface area contributed by atoms with E-state index in [9.17, 15) is 19.2 Å². The lowest BCUT2D eigenvalue weighted by molar-refractivity contribution is -0.145. The maximum atomic E-state index is 13.8. The maximum Gasteiger partial charge on any atom is 0.308 e. The molecule has 0 N–H and O–H groups in total. The zero-order chi connectivity index (χ0) is 26.8. The van der Waals surface area contributed by atoms with Crippen LogP contribution in [-0.4, -0.2) is 41.6 Å². The number of likely N-dealkylation sites (tertiary alicyclic amines) is 1. The van der Waals surface area contributed by atoms with E-state index in [0.717, 1.165) is 9.37 Å². The second kappa shape index (κ2) is 9.04. The minimum absolute atomic E-state index is 0.192. The largest absolute Gasteiger partial charge is 0.457 e. The molecule has 3 aliphatic carbocycles. The third-order valence-electron chi connectivity index (χ3n) is 7.75. The molecule has 2 bridgehead atoms. The van der Waals surface area contributed by atoms with Crippen molar-refractivity contribution < 1.29 is 23.9 Å². The van der Waals surface area contributed by atoms with Gasteiger partial charge in [-0.2, -0.15) is 0 Å². The number of rotatable bonds is 6. The number of carbonyl (C=O) groups excluding carboxylic acids is 4. The fourth-order valence-electron chi connectivity index (χ4n) is 6.09. The molecule has 2 atom stereocenters. The van der Waals surface area contributed by atoms with E-state index < -0.39 is 46.0 Å². The van der Waals surface area contributed by atoms with Crippen LogP contribution in [0.3, 0.4) is 0 Å². The molecule has 38 heavy (non-hydrogen) atoms. The average Bonchev–Trinajstić information content (AvgIpc) is 3.19. The topological polar surface area (TPSA) is 80.8 Å². The molecule has 2 amide bonds. The van der Waals surface area contributed by atoms with Crippen LogP contribution in [0, 0.1) is 11.8 Å². The molecule has 1 aliphatic heterocycles. The number of alkyl halides is 2. The van der Waals surface area contributed by atoms with Crippen molar-refractivity contribution >= 4 is 62.7 Å². The third kappa shape index (κ3) is 3.45. The van der Waals surface area contributed by atoms with Crippen molar-refractivity contribution in [2.75, 3.05) is 13.2 Å². The van der Waals surface area contributed by atoms with Gasteiger partial charge in [0.25, 0.3) is 0 Å². The Labute approximate surface area is 237 Å². The lowest BCUT2D eigenvalue weighted by Crippen LogP contribution is -2.57. The Bertz CT molecular complexity index is 1400. The van der Waals surface area contributed by atoms with E-state index in [-0.39, 0.29) is 18.7 Å². The fourth-order valence-corrected chi connectivity index (χ4v) is 7.45. The van der Waals surface area contributed by atoms with Gasteiger partial charge < -0.3 is 4.74 Å². The molecular weight excluding hydrogens is 593 g/mol. The number of esters is 1. The molecule has 1 heterocycles. The third-order valence-corrected chi connectivity index (χ3v) is 9.56. The van der Waals surface area contributed by atoms with Gasteiger partial charge in [0.1, 0.15) is 9.75 Å². The van der Waals surface area contributed by atoms with Crippen molar-refractivity contribution in [2.45, 2.75) is 16.2 Å². The van der Waals surface area contributed by atoms with Gasteiger partial charge >= 0.3 is 5.97 Å². The zero-order valence-electron chi connectivity index (χ0n) is 19.8. The second-order valence-corrected chi connectivity index (χ2v) is 11.7. The van der Waals surface area contributed by atoms with Crippen molar-refractivity contribution in [1.29, 1.82) is 0 Å². The lowest BCUT2D eigenvalue weighted by atomic mass is 9.54. The molecule has 1 saturated heterocycles. The molecule has 192 valence electrons. The normalized spacial score (nSPS) is 26.6. The average molecular weight is 613 g/mol. The quantitative estimate of drug-likeness (QED) is 0.166. The Kier molecular flexibility index (Phi) is 6.02. The minimum Gasteiger partial charge on any atom is -0.457 e. The summed E-state index contributed by atoms with van der Waals surface area (Å²) in [6, 6.07) is 21.5. The number of Topliss-reactive ketones (excluding diaryl/α,β-unsaturated/α-hetero) is 1. The Morgan fingerprint density at radius 2 is 1.24 bits per heavy atom. The fraction of sp³-hybridized carbons (Fsp3) is 0.241. The van der Waals surface area contributed by atoms with Gasteiger partial charge in [0, 0.05) is 16.6 Å². The molecule has 0 saturated carbocycles. The van der Waals surface area contributed by atoms with Gasteiger partial charge in [-0.25, -0.2) is 0 Å². The van der Waals surface area contributed by atoms with Gasteiger partial charge in [0.2, 0.25) is 11.8 Å². The zero-order valence-corrected chi connectivity index (χ0v) is 22.9. The summed E-state index contributed by atoms with van der Waals surface area (Å²) in [7, 11) is 0. The summed E-state index contributed by atoms with van der Waals surface area (Å²) in [5, 5.41) is 0. The summed E-state index contributed by atoms with van der Waals surface area (Å²) in [6.07, 6.45) is -0.255. The van der Waals surface area contributed by atoms with Gasteiger partial charge in [-0.3, -0.25) is 24.1 Å². The number of ketones is 1. The van der Waals surface area contributed by atoms with Crippen LogP contribution in [-0.2, 0) is 28.9 Å². The molecule has 0 radical (unpaired) electrons. The number of imide groups is 1. The first kappa shape index (κ1) is 25.3. The summed E-state index contributed by atoms with van der Waals surface area (Å²) in [6.45, 7) is -0.629.